The second kappa shape index (κ2) is 7.38. The van der Waals surface area contributed by atoms with Gasteiger partial charge in [0.05, 0.1) is 11.9 Å². The molecule has 0 unspecified atom stereocenters. The summed E-state index contributed by atoms with van der Waals surface area (Å²) in [7, 11) is 1.67. The molecular weight excluding hydrogens is 318 g/mol. The summed E-state index contributed by atoms with van der Waals surface area (Å²) in [6.45, 7) is 1.36. The van der Waals surface area contributed by atoms with Gasteiger partial charge in [-0.25, -0.2) is 4.98 Å². The molecule has 1 aliphatic rings. The first-order valence-corrected chi connectivity index (χ1v) is 8.47. The molecule has 3 rings (SSSR count). The Kier molecular flexibility index (Phi) is 5.02. The van der Waals surface area contributed by atoms with Crippen molar-refractivity contribution in [1.29, 1.82) is 0 Å². The lowest BCUT2D eigenvalue weighted by Gasteiger charge is -2.21. The number of pyridine rings is 2. The first kappa shape index (κ1) is 17.0. The Labute approximate surface area is 146 Å². The first-order chi connectivity index (χ1) is 12.0. The number of carbonyl (C=O) groups is 1. The number of rotatable bonds is 3. The summed E-state index contributed by atoms with van der Waals surface area (Å²) in [5.41, 5.74) is 6.83. The minimum atomic E-state index is -0.170. The number of amides is 1. The van der Waals surface area contributed by atoms with Crippen LogP contribution >= 0.6 is 0 Å². The van der Waals surface area contributed by atoms with Gasteiger partial charge < -0.3 is 20.5 Å². The molecule has 7 heteroatoms. The molecule has 25 heavy (non-hydrogen) atoms. The van der Waals surface area contributed by atoms with Crippen molar-refractivity contribution >= 4 is 17.4 Å². The maximum atomic E-state index is 12.7. The third-order valence-corrected chi connectivity index (χ3v) is 4.52. The SMILES string of the molecule is Cn1ccc(C(=O)N2CCC[C@H](Nc3ccc(N)nc3)CC2)cc1=O. The van der Waals surface area contributed by atoms with E-state index in [4.69, 9.17) is 5.73 Å². The van der Waals surface area contributed by atoms with Crippen LogP contribution in [0, 0.1) is 0 Å². The number of carbonyl (C=O) groups excluding carboxylic acids is 1. The Morgan fingerprint density at radius 1 is 1.28 bits per heavy atom. The van der Waals surface area contributed by atoms with Gasteiger partial charge in [-0.1, -0.05) is 0 Å². The third kappa shape index (κ3) is 4.17. The first-order valence-electron chi connectivity index (χ1n) is 8.47. The maximum absolute atomic E-state index is 12.7. The van der Waals surface area contributed by atoms with Crippen molar-refractivity contribution in [2.75, 3.05) is 24.1 Å². The summed E-state index contributed by atoms with van der Waals surface area (Å²) >= 11 is 0. The molecule has 0 bridgehead atoms. The Balaban J connectivity index is 1.62. The number of nitrogens with two attached hydrogens (primary N) is 1. The van der Waals surface area contributed by atoms with Crippen molar-refractivity contribution in [3.63, 3.8) is 0 Å². The highest BCUT2D eigenvalue weighted by Crippen LogP contribution is 2.18. The van der Waals surface area contributed by atoms with Crippen LogP contribution in [0.15, 0.2) is 41.5 Å². The predicted octanol–water partition coefficient (Wildman–Crippen LogP) is 1.47. The van der Waals surface area contributed by atoms with Crippen LogP contribution < -0.4 is 16.6 Å². The topological polar surface area (TPSA) is 93.2 Å². The lowest BCUT2D eigenvalue weighted by Crippen LogP contribution is -2.33. The maximum Gasteiger partial charge on any atom is 0.254 e. The molecule has 2 aromatic rings. The van der Waals surface area contributed by atoms with E-state index in [-0.39, 0.29) is 17.5 Å². The summed E-state index contributed by atoms with van der Waals surface area (Å²) in [5.74, 6) is 0.421. The molecule has 0 spiro atoms. The van der Waals surface area contributed by atoms with Crippen LogP contribution in [0.2, 0.25) is 0 Å². The molecule has 1 saturated heterocycles. The fourth-order valence-corrected chi connectivity index (χ4v) is 3.03. The van der Waals surface area contributed by atoms with Crippen LogP contribution in [0.5, 0.6) is 0 Å². The number of aryl methyl sites for hydroxylation is 1. The number of nitrogens with one attached hydrogen (secondary N) is 1. The van der Waals surface area contributed by atoms with Crippen LogP contribution in [-0.4, -0.2) is 39.5 Å². The molecular formula is C18H23N5O2. The van der Waals surface area contributed by atoms with E-state index < -0.39 is 0 Å². The quantitative estimate of drug-likeness (QED) is 0.882. The van der Waals surface area contributed by atoms with Crippen molar-refractivity contribution in [3.05, 3.63) is 52.6 Å². The average molecular weight is 341 g/mol. The monoisotopic (exact) mass is 341 g/mol. The molecule has 7 nitrogen and oxygen atoms in total. The summed E-state index contributed by atoms with van der Waals surface area (Å²) in [6.07, 6.45) is 6.09. The van der Waals surface area contributed by atoms with Crippen molar-refractivity contribution in [2.45, 2.75) is 25.3 Å². The van der Waals surface area contributed by atoms with Gasteiger partial charge in [-0.15, -0.1) is 0 Å². The second-order valence-electron chi connectivity index (χ2n) is 6.40. The van der Waals surface area contributed by atoms with Crippen LogP contribution in [0.25, 0.3) is 0 Å². The molecule has 0 saturated carbocycles. The van der Waals surface area contributed by atoms with Gasteiger partial charge in [-0.3, -0.25) is 9.59 Å². The molecule has 132 valence electrons. The van der Waals surface area contributed by atoms with Crippen molar-refractivity contribution in [2.24, 2.45) is 7.05 Å². The molecule has 1 fully saturated rings. The van der Waals surface area contributed by atoms with E-state index in [0.29, 0.717) is 24.5 Å². The van der Waals surface area contributed by atoms with Crippen molar-refractivity contribution in [1.82, 2.24) is 14.5 Å². The largest absolute Gasteiger partial charge is 0.384 e. The zero-order chi connectivity index (χ0) is 17.8. The molecule has 3 heterocycles. The van der Waals surface area contributed by atoms with E-state index in [0.717, 1.165) is 24.9 Å². The molecule has 1 amide bonds. The van der Waals surface area contributed by atoms with E-state index in [1.54, 1.807) is 31.6 Å². The molecule has 0 aromatic carbocycles. The normalized spacial score (nSPS) is 17.8. The van der Waals surface area contributed by atoms with Crippen molar-refractivity contribution < 1.29 is 4.79 Å². The molecule has 0 aliphatic carbocycles. The van der Waals surface area contributed by atoms with Gasteiger partial charge in [0.2, 0.25) is 0 Å². The standard InChI is InChI=1S/C18H23N5O2/c1-22-9-6-13(11-17(22)24)18(25)23-8-2-3-14(7-10-23)21-15-4-5-16(19)20-12-15/h4-6,9,11-12,14,21H,2-3,7-8,10H2,1H3,(H2,19,20)/t14-/m0/s1. The highest BCUT2D eigenvalue weighted by molar-refractivity contribution is 5.94. The molecule has 0 radical (unpaired) electrons. The van der Waals surface area contributed by atoms with Gasteiger partial charge in [0, 0.05) is 44.0 Å². The summed E-state index contributed by atoms with van der Waals surface area (Å²) < 4.78 is 1.46. The van der Waals surface area contributed by atoms with Gasteiger partial charge in [0.15, 0.2) is 0 Å². The number of aromatic nitrogens is 2. The Bertz CT molecular complexity index is 800. The lowest BCUT2D eigenvalue weighted by atomic mass is 10.1. The highest BCUT2D eigenvalue weighted by Gasteiger charge is 2.22. The minimum Gasteiger partial charge on any atom is -0.384 e. The van der Waals surface area contributed by atoms with Gasteiger partial charge in [0.1, 0.15) is 5.82 Å². The van der Waals surface area contributed by atoms with Gasteiger partial charge in [0.25, 0.3) is 11.5 Å². The fraction of sp³-hybridized carbons (Fsp3) is 0.389. The predicted molar refractivity (Wildman–Crippen MR) is 97.5 cm³/mol. The Hall–Kier alpha value is -2.83. The van der Waals surface area contributed by atoms with Crippen molar-refractivity contribution in [3.8, 4) is 0 Å². The molecule has 3 N–H and O–H groups in total. The lowest BCUT2D eigenvalue weighted by molar-refractivity contribution is 0.0761. The summed E-state index contributed by atoms with van der Waals surface area (Å²) in [4.78, 5) is 30.3. The smallest absolute Gasteiger partial charge is 0.254 e. The second-order valence-corrected chi connectivity index (χ2v) is 6.40. The van der Waals surface area contributed by atoms with E-state index in [1.807, 2.05) is 11.0 Å². The third-order valence-electron chi connectivity index (χ3n) is 4.52. The number of nitrogen functional groups attached to an aromatic ring is 1. The Morgan fingerprint density at radius 2 is 2.12 bits per heavy atom. The summed E-state index contributed by atoms with van der Waals surface area (Å²) in [5, 5.41) is 3.45. The Morgan fingerprint density at radius 3 is 2.84 bits per heavy atom. The van der Waals surface area contributed by atoms with Gasteiger partial charge in [-0.05, 0) is 37.5 Å². The zero-order valence-corrected chi connectivity index (χ0v) is 14.3. The van der Waals surface area contributed by atoms with Crippen LogP contribution in [0.3, 0.4) is 0 Å². The highest BCUT2D eigenvalue weighted by atomic mass is 16.2. The van der Waals surface area contributed by atoms with Gasteiger partial charge in [-0.2, -0.15) is 0 Å². The molecule has 1 aliphatic heterocycles. The van der Waals surface area contributed by atoms with E-state index in [9.17, 15) is 9.59 Å². The van der Waals surface area contributed by atoms with Crippen LogP contribution in [0.1, 0.15) is 29.6 Å². The number of hydrogen-bond acceptors (Lipinski definition) is 5. The van der Waals surface area contributed by atoms with E-state index in [1.165, 1.54) is 10.6 Å². The minimum absolute atomic E-state index is 0.0764. The molecule has 2 aromatic heterocycles. The van der Waals surface area contributed by atoms with Gasteiger partial charge >= 0.3 is 0 Å². The zero-order valence-electron chi connectivity index (χ0n) is 14.3. The molecule has 1 atom stereocenters. The number of nitrogens with zero attached hydrogens (tertiary/aromatic N) is 3. The van der Waals surface area contributed by atoms with E-state index in [2.05, 4.69) is 10.3 Å². The number of hydrogen-bond donors (Lipinski definition) is 2. The van der Waals surface area contributed by atoms with E-state index >= 15 is 0 Å². The fourth-order valence-electron chi connectivity index (χ4n) is 3.03. The number of anilines is 2. The van der Waals surface area contributed by atoms with Crippen LogP contribution in [0.4, 0.5) is 11.5 Å². The average Bonchev–Trinajstić information content (AvgIpc) is 2.84. The number of likely N-dealkylation sites (tertiary alicyclic amines) is 1. The summed E-state index contributed by atoms with van der Waals surface area (Å²) in [6, 6.07) is 7.07. The van der Waals surface area contributed by atoms with Crippen LogP contribution in [-0.2, 0) is 7.05 Å².